The van der Waals surface area contributed by atoms with Gasteiger partial charge in [0.25, 0.3) is 0 Å². The molecule has 0 spiro atoms. The number of aliphatic hydroxyl groups is 1. The van der Waals surface area contributed by atoms with E-state index in [0.29, 0.717) is 6.42 Å². The Morgan fingerprint density at radius 1 is 1.64 bits per heavy atom. The van der Waals surface area contributed by atoms with Crippen LogP contribution in [-0.2, 0) is 9.47 Å². The minimum Gasteiger partial charge on any atom is -0.389 e. The summed E-state index contributed by atoms with van der Waals surface area (Å²) in [4.78, 5) is 0. The van der Waals surface area contributed by atoms with E-state index in [9.17, 15) is 5.11 Å². The van der Waals surface area contributed by atoms with Crippen LogP contribution in [0, 0.1) is 0 Å². The van der Waals surface area contributed by atoms with Gasteiger partial charge in [0.05, 0.1) is 12.2 Å². The number of hydrogen-bond acceptors (Lipinski definition) is 4. The quantitative estimate of drug-likeness (QED) is 0.542. The third-order valence-corrected chi connectivity index (χ3v) is 2.01. The molecule has 0 saturated carbocycles. The van der Waals surface area contributed by atoms with E-state index in [1.807, 2.05) is 0 Å². The van der Waals surface area contributed by atoms with Crippen LogP contribution in [0.1, 0.15) is 13.3 Å². The van der Waals surface area contributed by atoms with Crippen LogP contribution in [0.3, 0.4) is 0 Å². The predicted molar refractivity (Wildman–Crippen MR) is 39.9 cm³/mol. The van der Waals surface area contributed by atoms with Gasteiger partial charge in [0, 0.05) is 19.6 Å². The predicted octanol–water partition coefficient (Wildman–Crippen LogP) is -0.544. The topological polar surface area (TPSA) is 64.7 Å². The molecule has 4 heteroatoms. The van der Waals surface area contributed by atoms with Gasteiger partial charge in [-0.05, 0) is 6.92 Å². The summed E-state index contributed by atoms with van der Waals surface area (Å²) >= 11 is 0. The standard InChI is InChI=1S/C7H15NO3/c1-4-7(9)5(8)3-6(10-2)11-4/h4-7,9H,3,8H2,1-2H3/t4-,5-,6?,7+/m0/s1. The Morgan fingerprint density at radius 3 is 2.73 bits per heavy atom. The highest BCUT2D eigenvalue weighted by Gasteiger charge is 2.32. The van der Waals surface area contributed by atoms with Crippen LogP contribution in [-0.4, -0.2) is 36.8 Å². The minimum atomic E-state index is -0.568. The summed E-state index contributed by atoms with van der Waals surface area (Å²) in [6.45, 7) is 1.79. The lowest BCUT2D eigenvalue weighted by Crippen LogP contribution is -2.51. The monoisotopic (exact) mass is 161 g/mol. The summed E-state index contributed by atoms with van der Waals surface area (Å²) in [7, 11) is 1.57. The Hall–Kier alpha value is -0.160. The fraction of sp³-hybridized carbons (Fsp3) is 1.00. The van der Waals surface area contributed by atoms with E-state index in [-0.39, 0.29) is 18.4 Å². The van der Waals surface area contributed by atoms with Crippen LogP contribution in [0.2, 0.25) is 0 Å². The smallest absolute Gasteiger partial charge is 0.159 e. The van der Waals surface area contributed by atoms with E-state index < -0.39 is 6.10 Å². The zero-order valence-corrected chi connectivity index (χ0v) is 6.86. The molecule has 4 atom stereocenters. The first-order chi connectivity index (χ1) is 5.15. The minimum absolute atomic E-state index is 0.233. The second kappa shape index (κ2) is 3.49. The molecule has 4 nitrogen and oxygen atoms in total. The van der Waals surface area contributed by atoms with E-state index in [2.05, 4.69) is 0 Å². The van der Waals surface area contributed by atoms with Crippen molar-refractivity contribution in [2.75, 3.05) is 7.11 Å². The third-order valence-electron chi connectivity index (χ3n) is 2.01. The highest BCUT2D eigenvalue weighted by molar-refractivity contribution is 4.82. The lowest BCUT2D eigenvalue weighted by atomic mass is 10.0. The van der Waals surface area contributed by atoms with Gasteiger partial charge in [-0.15, -0.1) is 0 Å². The Labute approximate surface area is 66.3 Å². The fourth-order valence-corrected chi connectivity index (χ4v) is 1.24. The van der Waals surface area contributed by atoms with Gasteiger partial charge in [0.1, 0.15) is 0 Å². The molecule has 1 saturated heterocycles. The average Bonchev–Trinajstić information content (AvgIpc) is 1.99. The number of ether oxygens (including phenoxy) is 2. The van der Waals surface area contributed by atoms with E-state index in [1.54, 1.807) is 14.0 Å². The van der Waals surface area contributed by atoms with Gasteiger partial charge in [0.2, 0.25) is 0 Å². The molecule has 0 amide bonds. The number of nitrogens with two attached hydrogens (primary N) is 1. The van der Waals surface area contributed by atoms with Crippen molar-refractivity contribution in [1.29, 1.82) is 0 Å². The molecule has 1 unspecified atom stereocenters. The molecule has 0 aromatic rings. The average molecular weight is 161 g/mol. The summed E-state index contributed by atoms with van der Waals surface area (Å²) < 4.78 is 10.2. The first-order valence-corrected chi connectivity index (χ1v) is 3.77. The molecule has 0 aromatic heterocycles. The van der Waals surface area contributed by atoms with Crippen molar-refractivity contribution in [2.45, 2.75) is 37.9 Å². The molecule has 1 aliphatic heterocycles. The van der Waals surface area contributed by atoms with Crippen LogP contribution in [0.25, 0.3) is 0 Å². The van der Waals surface area contributed by atoms with Gasteiger partial charge in [-0.2, -0.15) is 0 Å². The molecule has 1 aliphatic rings. The van der Waals surface area contributed by atoms with Crippen molar-refractivity contribution < 1.29 is 14.6 Å². The number of methoxy groups -OCH3 is 1. The molecule has 0 aromatic carbocycles. The first-order valence-electron chi connectivity index (χ1n) is 3.77. The first kappa shape index (κ1) is 8.93. The fourth-order valence-electron chi connectivity index (χ4n) is 1.24. The van der Waals surface area contributed by atoms with E-state index in [0.717, 1.165) is 0 Å². The SMILES string of the molecule is COC1C[C@H](N)[C@H](O)[C@H](C)O1. The third kappa shape index (κ3) is 1.90. The molecule has 0 radical (unpaired) electrons. The van der Waals surface area contributed by atoms with E-state index in [1.165, 1.54) is 0 Å². The Balaban J connectivity index is 2.47. The number of aliphatic hydroxyl groups excluding tert-OH is 1. The van der Waals surface area contributed by atoms with Gasteiger partial charge in [-0.3, -0.25) is 0 Å². The van der Waals surface area contributed by atoms with Crippen molar-refractivity contribution >= 4 is 0 Å². The van der Waals surface area contributed by atoms with Crippen molar-refractivity contribution in [3.05, 3.63) is 0 Å². The van der Waals surface area contributed by atoms with Gasteiger partial charge >= 0.3 is 0 Å². The lowest BCUT2D eigenvalue weighted by molar-refractivity contribution is -0.211. The molecular formula is C7H15NO3. The number of hydrogen-bond donors (Lipinski definition) is 2. The van der Waals surface area contributed by atoms with Crippen molar-refractivity contribution in [2.24, 2.45) is 5.73 Å². The maximum atomic E-state index is 9.35. The molecule has 0 aliphatic carbocycles. The molecule has 0 bridgehead atoms. The Kier molecular flexibility index (Phi) is 2.84. The van der Waals surface area contributed by atoms with Crippen LogP contribution >= 0.6 is 0 Å². The molecule has 1 rings (SSSR count). The second-order valence-electron chi connectivity index (χ2n) is 2.90. The zero-order valence-electron chi connectivity index (χ0n) is 6.86. The van der Waals surface area contributed by atoms with E-state index in [4.69, 9.17) is 15.2 Å². The van der Waals surface area contributed by atoms with Gasteiger partial charge < -0.3 is 20.3 Å². The van der Waals surface area contributed by atoms with Crippen LogP contribution in [0.4, 0.5) is 0 Å². The maximum Gasteiger partial charge on any atom is 0.159 e. The summed E-state index contributed by atoms with van der Waals surface area (Å²) in [5.74, 6) is 0. The highest BCUT2D eigenvalue weighted by atomic mass is 16.7. The van der Waals surface area contributed by atoms with Crippen LogP contribution < -0.4 is 5.73 Å². The molecular weight excluding hydrogens is 146 g/mol. The molecule has 1 heterocycles. The Morgan fingerprint density at radius 2 is 2.27 bits per heavy atom. The van der Waals surface area contributed by atoms with Crippen molar-refractivity contribution in [3.8, 4) is 0 Å². The summed E-state index contributed by atoms with van der Waals surface area (Å²) in [6, 6.07) is -0.233. The summed E-state index contributed by atoms with van der Waals surface area (Å²) in [5, 5.41) is 9.35. The normalized spacial score (nSPS) is 45.8. The highest BCUT2D eigenvalue weighted by Crippen LogP contribution is 2.18. The largest absolute Gasteiger partial charge is 0.389 e. The van der Waals surface area contributed by atoms with Crippen LogP contribution in [0.15, 0.2) is 0 Å². The lowest BCUT2D eigenvalue weighted by Gasteiger charge is -2.35. The van der Waals surface area contributed by atoms with Gasteiger partial charge in [0.15, 0.2) is 6.29 Å². The van der Waals surface area contributed by atoms with E-state index >= 15 is 0 Å². The molecule has 3 N–H and O–H groups in total. The summed E-state index contributed by atoms with van der Waals surface area (Å²) in [5.41, 5.74) is 5.62. The zero-order chi connectivity index (χ0) is 8.43. The molecule has 11 heavy (non-hydrogen) atoms. The van der Waals surface area contributed by atoms with Gasteiger partial charge in [-0.25, -0.2) is 0 Å². The number of rotatable bonds is 1. The summed E-state index contributed by atoms with van der Waals surface area (Å²) in [6.07, 6.45) is -0.504. The van der Waals surface area contributed by atoms with Gasteiger partial charge in [-0.1, -0.05) is 0 Å². The van der Waals surface area contributed by atoms with Crippen molar-refractivity contribution in [3.63, 3.8) is 0 Å². The maximum absolute atomic E-state index is 9.35. The Bertz CT molecular complexity index is 119. The molecule has 66 valence electrons. The molecule has 1 fully saturated rings. The van der Waals surface area contributed by atoms with Crippen molar-refractivity contribution in [1.82, 2.24) is 0 Å². The second-order valence-corrected chi connectivity index (χ2v) is 2.90. The van der Waals surface area contributed by atoms with Crippen LogP contribution in [0.5, 0.6) is 0 Å².